The van der Waals surface area contributed by atoms with E-state index in [-0.39, 0.29) is 24.5 Å². The Morgan fingerprint density at radius 1 is 1.09 bits per heavy atom. The Bertz CT molecular complexity index is 1390. The number of halogens is 3. The van der Waals surface area contributed by atoms with Gasteiger partial charge >= 0.3 is 5.97 Å². The number of ether oxygens (including phenoxy) is 1. The molecule has 3 aromatic carbocycles. The van der Waals surface area contributed by atoms with Crippen molar-refractivity contribution in [3.63, 3.8) is 0 Å². The Morgan fingerprint density at radius 2 is 1.83 bits per heavy atom. The second-order valence-corrected chi connectivity index (χ2v) is 9.22. The van der Waals surface area contributed by atoms with Crippen molar-refractivity contribution in [3.05, 3.63) is 93.4 Å². The second kappa shape index (κ2) is 9.72. The van der Waals surface area contributed by atoms with E-state index >= 15 is 0 Å². The lowest BCUT2D eigenvalue weighted by atomic mass is 10.0. The molecule has 0 atom stereocenters. The number of carboxylic acids is 1. The third-order valence-electron chi connectivity index (χ3n) is 5.93. The van der Waals surface area contributed by atoms with Gasteiger partial charge in [0.15, 0.2) is 0 Å². The van der Waals surface area contributed by atoms with E-state index < -0.39 is 11.8 Å². The summed E-state index contributed by atoms with van der Waals surface area (Å²) in [5.74, 6) is -0.0859. The van der Waals surface area contributed by atoms with Crippen molar-refractivity contribution in [2.24, 2.45) is 0 Å². The van der Waals surface area contributed by atoms with Gasteiger partial charge in [0.1, 0.15) is 29.6 Å². The Balaban J connectivity index is 1.48. The van der Waals surface area contributed by atoms with E-state index in [1.807, 2.05) is 18.2 Å². The van der Waals surface area contributed by atoms with Gasteiger partial charge in [-0.3, -0.25) is 4.79 Å². The van der Waals surface area contributed by atoms with Crippen LogP contribution in [0.5, 0.6) is 5.75 Å². The van der Waals surface area contributed by atoms with Gasteiger partial charge in [-0.2, -0.15) is 0 Å². The highest BCUT2D eigenvalue weighted by Crippen LogP contribution is 2.46. The van der Waals surface area contributed by atoms with Gasteiger partial charge in [0, 0.05) is 17.0 Å². The number of carboxylic acid groups (broad SMARTS) is 1. The maximum absolute atomic E-state index is 14.6. The van der Waals surface area contributed by atoms with Crippen molar-refractivity contribution in [2.75, 3.05) is 0 Å². The molecule has 1 aromatic heterocycles. The van der Waals surface area contributed by atoms with Gasteiger partial charge in [0.05, 0.1) is 22.0 Å². The maximum atomic E-state index is 14.6. The Labute approximate surface area is 211 Å². The molecule has 1 heterocycles. The smallest absolute Gasteiger partial charge is 0.307 e. The molecular formula is C27H20Cl2FNO4. The minimum Gasteiger partial charge on any atom is -0.488 e. The average molecular weight is 512 g/mol. The zero-order valence-electron chi connectivity index (χ0n) is 18.4. The molecule has 0 saturated heterocycles. The molecule has 5 nitrogen and oxygen atoms in total. The fraction of sp³-hybridized carbons (Fsp3) is 0.185. The Morgan fingerprint density at radius 3 is 2.51 bits per heavy atom. The molecule has 8 heteroatoms. The summed E-state index contributed by atoms with van der Waals surface area (Å²) in [6, 6.07) is 17.0. The summed E-state index contributed by atoms with van der Waals surface area (Å²) in [7, 11) is 0. The second-order valence-electron chi connectivity index (χ2n) is 8.41. The van der Waals surface area contributed by atoms with Crippen LogP contribution in [0.4, 0.5) is 4.39 Å². The number of carbonyl (C=O) groups is 1. The average Bonchev–Trinajstić information content (AvgIpc) is 3.59. The van der Waals surface area contributed by atoms with Crippen molar-refractivity contribution in [3.8, 4) is 28.1 Å². The molecule has 0 amide bonds. The fourth-order valence-corrected chi connectivity index (χ4v) is 4.63. The summed E-state index contributed by atoms with van der Waals surface area (Å²) in [4.78, 5) is 11.0. The molecule has 178 valence electrons. The lowest BCUT2D eigenvalue weighted by Gasteiger charge is -2.13. The molecule has 0 aliphatic heterocycles. The summed E-state index contributed by atoms with van der Waals surface area (Å²) >= 11 is 12.9. The zero-order chi connectivity index (χ0) is 24.5. The summed E-state index contributed by atoms with van der Waals surface area (Å²) in [5.41, 5.74) is 3.29. The molecule has 35 heavy (non-hydrogen) atoms. The van der Waals surface area contributed by atoms with Crippen molar-refractivity contribution in [2.45, 2.75) is 31.8 Å². The maximum Gasteiger partial charge on any atom is 0.307 e. The fourth-order valence-electron chi connectivity index (χ4n) is 4.05. The highest BCUT2D eigenvalue weighted by Gasteiger charge is 2.33. The van der Waals surface area contributed by atoms with Crippen molar-refractivity contribution < 1.29 is 23.6 Å². The molecule has 0 unspecified atom stereocenters. The van der Waals surface area contributed by atoms with E-state index in [0.29, 0.717) is 38.2 Å². The molecule has 4 aromatic rings. The number of hydrogen-bond donors (Lipinski definition) is 1. The largest absolute Gasteiger partial charge is 0.488 e. The SMILES string of the molecule is O=C(O)Cc1ccc(-c2ccccc2OCc2c(-c3c(Cl)cccc3Cl)noc2C2CC2)cc1F. The lowest BCUT2D eigenvalue weighted by Crippen LogP contribution is -2.03. The summed E-state index contributed by atoms with van der Waals surface area (Å²) < 4.78 is 26.5. The van der Waals surface area contributed by atoms with Crippen molar-refractivity contribution in [1.29, 1.82) is 0 Å². The monoisotopic (exact) mass is 511 g/mol. The number of nitrogens with zero attached hydrogens (tertiary/aromatic N) is 1. The summed E-state index contributed by atoms with van der Waals surface area (Å²) in [5, 5.41) is 14.2. The normalized spacial score (nSPS) is 13.1. The van der Waals surface area contributed by atoms with E-state index in [1.54, 1.807) is 30.3 Å². The van der Waals surface area contributed by atoms with Gasteiger partial charge in [-0.25, -0.2) is 4.39 Å². The third-order valence-corrected chi connectivity index (χ3v) is 6.56. The lowest BCUT2D eigenvalue weighted by molar-refractivity contribution is -0.136. The number of benzene rings is 3. The molecule has 1 fully saturated rings. The predicted octanol–water partition coefficient (Wildman–Crippen LogP) is 7.54. The number of rotatable bonds is 8. The number of hydrogen-bond acceptors (Lipinski definition) is 4. The van der Waals surface area contributed by atoms with Crippen LogP contribution >= 0.6 is 23.2 Å². The van der Waals surface area contributed by atoms with Crippen molar-refractivity contribution in [1.82, 2.24) is 5.16 Å². The van der Waals surface area contributed by atoms with Gasteiger partial charge in [-0.15, -0.1) is 0 Å². The van der Waals surface area contributed by atoms with E-state index in [4.69, 9.17) is 37.6 Å². The third kappa shape index (κ3) is 4.90. The van der Waals surface area contributed by atoms with Crippen LogP contribution in [0.3, 0.4) is 0 Å². The van der Waals surface area contributed by atoms with Crippen LogP contribution in [0.2, 0.25) is 10.0 Å². The number of aliphatic carboxylic acids is 1. The Hall–Kier alpha value is -3.35. The quantitative estimate of drug-likeness (QED) is 0.264. The first-order valence-electron chi connectivity index (χ1n) is 11.1. The van der Waals surface area contributed by atoms with Crippen LogP contribution in [0.1, 0.15) is 35.6 Å². The van der Waals surface area contributed by atoms with Crippen molar-refractivity contribution >= 4 is 29.2 Å². The van der Waals surface area contributed by atoms with Gasteiger partial charge in [0.2, 0.25) is 0 Å². The van der Waals surface area contributed by atoms with E-state index in [1.165, 1.54) is 12.1 Å². The Kier molecular flexibility index (Phi) is 6.50. The minimum absolute atomic E-state index is 0.124. The molecule has 1 saturated carbocycles. The summed E-state index contributed by atoms with van der Waals surface area (Å²) in [6.07, 6.45) is 1.64. The molecule has 1 N–H and O–H groups in total. The highest BCUT2D eigenvalue weighted by atomic mass is 35.5. The van der Waals surface area contributed by atoms with Gasteiger partial charge in [0.25, 0.3) is 0 Å². The molecule has 5 rings (SSSR count). The van der Waals surface area contributed by atoms with Crippen LogP contribution in [0, 0.1) is 5.82 Å². The first kappa shape index (κ1) is 23.4. The topological polar surface area (TPSA) is 72.6 Å². The van der Waals surface area contributed by atoms with Gasteiger partial charge < -0.3 is 14.4 Å². The molecule has 1 aliphatic carbocycles. The highest BCUT2D eigenvalue weighted by molar-refractivity contribution is 6.39. The van der Waals surface area contributed by atoms with Crippen LogP contribution in [0.25, 0.3) is 22.4 Å². The van der Waals surface area contributed by atoms with E-state index in [2.05, 4.69) is 5.16 Å². The standard InChI is InChI=1S/C27H20Cl2FNO4/c28-20-5-3-6-21(29)25(20)26-19(27(35-31-26)15-8-9-15)14-34-23-7-2-1-4-18(23)16-10-11-17(13-24(32)33)22(30)12-16/h1-7,10-12,15H,8-9,13-14H2,(H,32,33). The van der Waals surface area contributed by atoms with Crippen LogP contribution in [0.15, 0.2) is 65.2 Å². The molecular weight excluding hydrogens is 492 g/mol. The number of aromatic nitrogens is 1. The first-order chi connectivity index (χ1) is 16.9. The van der Waals surface area contributed by atoms with Crippen LogP contribution < -0.4 is 4.74 Å². The van der Waals surface area contributed by atoms with Gasteiger partial charge in [-0.05, 0) is 48.2 Å². The number of para-hydroxylation sites is 1. The zero-order valence-corrected chi connectivity index (χ0v) is 19.9. The van der Waals surface area contributed by atoms with E-state index in [9.17, 15) is 9.18 Å². The van der Waals surface area contributed by atoms with Crippen LogP contribution in [-0.2, 0) is 17.8 Å². The first-order valence-corrected chi connectivity index (χ1v) is 11.8. The predicted molar refractivity (Wildman–Crippen MR) is 131 cm³/mol. The molecule has 0 spiro atoms. The molecule has 1 aliphatic rings. The van der Waals surface area contributed by atoms with Gasteiger partial charge in [-0.1, -0.05) is 64.8 Å². The minimum atomic E-state index is -1.09. The van der Waals surface area contributed by atoms with Crippen LogP contribution in [-0.4, -0.2) is 16.2 Å². The van der Waals surface area contributed by atoms with E-state index in [0.717, 1.165) is 24.2 Å². The summed E-state index contributed by atoms with van der Waals surface area (Å²) in [6.45, 7) is 0.156. The molecule has 0 radical (unpaired) electrons. The molecule has 0 bridgehead atoms.